The molecule has 2 aliphatic heterocycles. The van der Waals surface area contributed by atoms with Gasteiger partial charge in [0.15, 0.2) is 0 Å². The molecule has 2 heterocycles. The summed E-state index contributed by atoms with van der Waals surface area (Å²) in [6.45, 7) is 0. The molecule has 1 aromatic rings. The monoisotopic (exact) mass is 321 g/mol. The number of ether oxygens (including phenoxy) is 2. The number of alkyl halides is 3. The van der Waals surface area contributed by atoms with Crippen molar-refractivity contribution in [1.82, 2.24) is 5.32 Å². The van der Waals surface area contributed by atoms with Gasteiger partial charge in [0.2, 0.25) is 0 Å². The highest BCUT2D eigenvalue weighted by Gasteiger charge is 2.35. The standard InChI is InChI=1S/C14H15ClF3NO2/c15-8-3-11(7-13(4-8)21-14(16,17)18)20-12-5-9-1-2-10(6-12)19-9/h3-4,7,9-10,12,19H,1-2,5-6H2/t9-,10+,12+. The van der Waals surface area contributed by atoms with Gasteiger partial charge in [-0.25, -0.2) is 0 Å². The SMILES string of the molecule is FC(F)(F)Oc1cc(Cl)cc(O[C@H]2C[C@H]3CC[C@@H](C2)N3)c1. The van der Waals surface area contributed by atoms with Gasteiger partial charge in [-0.05, 0) is 37.8 Å². The van der Waals surface area contributed by atoms with E-state index in [4.69, 9.17) is 16.3 Å². The maximum atomic E-state index is 12.3. The molecule has 2 fully saturated rings. The lowest BCUT2D eigenvalue weighted by Crippen LogP contribution is -2.42. The van der Waals surface area contributed by atoms with Gasteiger partial charge < -0.3 is 14.8 Å². The van der Waals surface area contributed by atoms with E-state index >= 15 is 0 Å². The second-order valence-electron chi connectivity index (χ2n) is 5.52. The van der Waals surface area contributed by atoms with Crippen molar-refractivity contribution in [2.45, 2.75) is 50.2 Å². The second-order valence-corrected chi connectivity index (χ2v) is 5.96. The largest absolute Gasteiger partial charge is 0.573 e. The minimum absolute atomic E-state index is 0.000883. The van der Waals surface area contributed by atoms with Crippen molar-refractivity contribution in [2.75, 3.05) is 0 Å². The van der Waals surface area contributed by atoms with E-state index in [9.17, 15) is 13.2 Å². The summed E-state index contributed by atoms with van der Waals surface area (Å²) in [7, 11) is 0. The number of halogens is 4. The number of hydrogen-bond donors (Lipinski definition) is 1. The molecule has 0 aromatic heterocycles. The summed E-state index contributed by atoms with van der Waals surface area (Å²) in [6.07, 6.45) is -0.765. The molecule has 3 nitrogen and oxygen atoms in total. The van der Waals surface area contributed by atoms with Crippen molar-refractivity contribution < 1.29 is 22.6 Å². The Labute approximate surface area is 125 Å². The van der Waals surface area contributed by atoms with Gasteiger partial charge in [-0.1, -0.05) is 11.6 Å². The van der Waals surface area contributed by atoms with Crippen molar-refractivity contribution in [3.63, 3.8) is 0 Å². The van der Waals surface area contributed by atoms with Crippen LogP contribution in [0.3, 0.4) is 0 Å². The highest BCUT2D eigenvalue weighted by atomic mass is 35.5. The Morgan fingerprint density at radius 1 is 1.05 bits per heavy atom. The molecule has 3 rings (SSSR count). The number of piperidine rings is 1. The van der Waals surface area contributed by atoms with E-state index in [0.717, 1.165) is 31.7 Å². The molecule has 116 valence electrons. The molecule has 0 radical (unpaired) electrons. The van der Waals surface area contributed by atoms with Gasteiger partial charge in [-0.3, -0.25) is 0 Å². The molecule has 0 saturated carbocycles. The Balaban J connectivity index is 1.70. The summed E-state index contributed by atoms with van der Waals surface area (Å²) >= 11 is 5.83. The lowest BCUT2D eigenvalue weighted by atomic mass is 10.0. The smallest absolute Gasteiger partial charge is 0.490 e. The van der Waals surface area contributed by atoms with Crippen molar-refractivity contribution in [2.24, 2.45) is 0 Å². The van der Waals surface area contributed by atoms with Crippen molar-refractivity contribution in [1.29, 1.82) is 0 Å². The predicted molar refractivity (Wildman–Crippen MR) is 71.7 cm³/mol. The van der Waals surface area contributed by atoms with Crippen molar-refractivity contribution in [3.8, 4) is 11.5 Å². The Bertz CT molecular complexity index is 511. The summed E-state index contributed by atoms with van der Waals surface area (Å²) in [5.74, 6) is -0.0463. The molecule has 2 bridgehead atoms. The first-order valence-corrected chi connectivity index (χ1v) is 7.24. The maximum absolute atomic E-state index is 12.3. The summed E-state index contributed by atoms with van der Waals surface area (Å²) in [5.41, 5.74) is 0. The highest BCUT2D eigenvalue weighted by Crippen LogP contribution is 2.33. The van der Waals surface area contributed by atoms with E-state index in [1.165, 1.54) is 12.1 Å². The number of benzene rings is 1. The maximum Gasteiger partial charge on any atom is 0.573 e. The molecule has 1 N–H and O–H groups in total. The Kier molecular flexibility index (Phi) is 3.92. The first kappa shape index (κ1) is 14.8. The van der Waals surface area contributed by atoms with Crippen LogP contribution in [0.1, 0.15) is 25.7 Å². The average molecular weight is 322 g/mol. The van der Waals surface area contributed by atoms with Gasteiger partial charge in [0.1, 0.15) is 17.6 Å². The van der Waals surface area contributed by atoms with Crippen LogP contribution in [0.5, 0.6) is 11.5 Å². The van der Waals surface area contributed by atoms with Crippen LogP contribution in [0.2, 0.25) is 5.02 Å². The minimum atomic E-state index is -4.74. The summed E-state index contributed by atoms with van der Waals surface area (Å²) in [4.78, 5) is 0. The molecule has 21 heavy (non-hydrogen) atoms. The minimum Gasteiger partial charge on any atom is -0.490 e. The lowest BCUT2D eigenvalue weighted by molar-refractivity contribution is -0.274. The first-order valence-electron chi connectivity index (χ1n) is 6.86. The van der Waals surface area contributed by atoms with Crippen LogP contribution in [0, 0.1) is 0 Å². The molecule has 3 atom stereocenters. The topological polar surface area (TPSA) is 30.5 Å². The molecule has 0 unspecified atom stereocenters. The van der Waals surface area contributed by atoms with E-state index in [1.807, 2.05) is 0 Å². The molecular formula is C14H15ClF3NO2. The third kappa shape index (κ3) is 3.95. The summed E-state index contributed by atoms with van der Waals surface area (Å²) in [5, 5.41) is 3.64. The van der Waals surface area contributed by atoms with Crippen LogP contribution < -0.4 is 14.8 Å². The fraction of sp³-hybridized carbons (Fsp3) is 0.571. The molecule has 1 aromatic carbocycles. The number of rotatable bonds is 3. The molecule has 0 spiro atoms. The lowest BCUT2D eigenvalue weighted by Gasteiger charge is -2.29. The Hall–Kier alpha value is -1.14. The quantitative estimate of drug-likeness (QED) is 0.916. The van der Waals surface area contributed by atoms with E-state index in [0.29, 0.717) is 17.8 Å². The molecule has 0 aliphatic carbocycles. The van der Waals surface area contributed by atoms with Crippen LogP contribution in [0.4, 0.5) is 13.2 Å². The van der Waals surface area contributed by atoms with Gasteiger partial charge in [0.25, 0.3) is 0 Å². The summed E-state index contributed by atoms with van der Waals surface area (Å²) in [6, 6.07) is 4.74. The zero-order chi connectivity index (χ0) is 15.0. The van der Waals surface area contributed by atoms with E-state index in [2.05, 4.69) is 10.1 Å². The molecule has 2 aliphatic rings. The fourth-order valence-corrected chi connectivity index (χ4v) is 3.31. The van der Waals surface area contributed by atoms with Gasteiger partial charge in [0, 0.05) is 23.2 Å². The van der Waals surface area contributed by atoms with E-state index in [-0.39, 0.29) is 16.9 Å². The highest BCUT2D eigenvalue weighted by molar-refractivity contribution is 6.30. The second kappa shape index (κ2) is 5.57. The van der Waals surface area contributed by atoms with Gasteiger partial charge >= 0.3 is 6.36 Å². The zero-order valence-corrected chi connectivity index (χ0v) is 11.9. The van der Waals surface area contributed by atoms with Crippen LogP contribution in [-0.4, -0.2) is 24.6 Å². The van der Waals surface area contributed by atoms with Crippen LogP contribution >= 0.6 is 11.6 Å². The number of nitrogens with one attached hydrogen (secondary N) is 1. The third-order valence-electron chi connectivity index (χ3n) is 3.81. The number of hydrogen-bond acceptors (Lipinski definition) is 3. The third-order valence-corrected chi connectivity index (χ3v) is 4.03. The Morgan fingerprint density at radius 3 is 2.29 bits per heavy atom. The molecule has 0 amide bonds. The number of fused-ring (bicyclic) bond motifs is 2. The molecular weight excluding hydrogens is 307 g/mol. The molecule has 7 heteroatoms. The average Bonchev–Trinajstić information content (AvgIpc) is 2.65. The van der Waals surface area contributed by atoms with Crippen LogP contribution in [-0.2, 0) is 0 Å². The Morgan fingerprint density at radius 2 is 1.67 bits per heavy atom. The van der Waals surface area contributed by atoms with E-state index in [1.54, 1.807) is 0 Å². The van der Waals surface area contributed by atoms with Gasteiger partial charge in [-0.2, -0.15) is 0 Å². The van der Waals surface area contributed by atoms with E-state index < -0.39 is 6.36 Å². The fourth-order valence-electron chi connectivity index (χ4n) is 3.09. The summed E-state index contributed by atoms with van der Waals surface area (Å²) < 4.78 is 46.5. The first-order chi connectivity index (χ1) is 9.87. The van der Waals surface area contributed by atoms with Gasteiger partial charge in [-0.15, -0.1) is 13.2 Å². The molecule has 2 saturated heterocycles. The normalized spacial score (nSPS) is 28.5. The predicted octanol–water partition coefficient (Wildman–Crippen LogP) is 3.90. The van der Waals surface area contributed by atoms with Gasteiger partial charge in [0.05, 0.1) is 0 Å². The van der Waals surface area contributed by atoms with Crippen molar-refractivity contribution >= 4 is 11.6 Å². The zero-order valence-electron chi connectivity index (χ0n) is 11.1. The van der Waals surface area contributed by atoms with Crippen LogP contribution in [0.15, 0.2) is 18.2 Å². The van der Waals surface area contributed by atoms with Crippen molar-refractivity contribution in [3.05, 3.63) is 23.2 Å². The van der Waals surface area contributed by atoms with Crippen LogP contribution in [0.25, 0.3) is 0 Å².